The number of hydrogen-bond donors (Lipinski definition) is 2. The van der Waals surface area contributed by atoms with Crippen LogP contribution in [0.2, 0.25) is 0 Å². The summed E-state index contributed by atoms with van der Waals surface area (Å²) in [5, 5.41) is 4.29. The van der Waals surface area contributed by atoms with E-state index in [0.29, 0.717) is 6.04 Å². The molecule has 2 N–H and O–H groups in total. The molecule has 0 aliphatic carbocycles. The molecule has 1 heterocycles. The van der Waals surface area contributed by atoms with Gasteiger partial charge in [0.1, 0.15) is 12.6 Å². The van der Waals surface area contributed by atoms with Gasteiger partial charge in [0, 0.05) is 6.54 Å². The lowest BCUT2D eigenvalue weighted by Gasteiger charge is -2.39. The number of quaternary nitrogens is 1. The third-order valence-corrected chi connectivity index (χ3v) is 4.81. The minimum Gasteiger partial charge on any atom is -0.358 e. The van der Waals surface area contributed by atoms with Crippen LogP contribution >= 0.6 is 12.2 Å². The van der Waals surface area contributed by atoms with Crippen molar-refractivity contribution in [1.29, 1.82) is 0 Å². The van der Waals surface area contributed by atoms with E-state index < -0.39 is 0 Å². The Balaban J connectivity index is 1.69. The molecule has 0 amide bonds. The number of rotatable bonds is 3. The zero-order valence-corrected chi connectivity index (χ0v) is 14.4. The molecule has 4 heteroatoms. The van der Waals surface area contributed by atoms with Gasteiger partial charge in [-0.05, 0) is 23.3 Å². The average molecular weight is 326 g/mol. The molecule has 2 atom stereocenters. The topological polar surface area (TPSA) is 19.7 Å². The molecule has 120 valence electrons. The second-order valence-electron chi connectivity index (χ2n) is 6.18. The van der Waals surface area contributed by atoms with Crippen LogP contribution in [0.5, 0.6) is 0 Å². The highest BCUT2D eigenvalue weighted by molar-refractivity contribution is 7.80. The van der Waals surface area contributed by atoms with Gasteiger partial charge in [-0.3, -0.25) is 0 Å². The molecule has 0 bridgehead atoms. The van der Waals surface area contributed by atoms with Crippen molar-refractivity contribution >= 4 is 17.3 Å². The molecule has 23 heavy (non-hydrogen) atoms. The molecule has 1 saturated heterocycles. The number of piperazine rings is 1. The fourth-order valence-electron chi connectivity index (χ4n) is 3.10. The lowest BCUT2D eigenvalue weighted by atomic mass is 10.0. The Hall–Kier alpha value is -1.91. The molecule has 3 nitrogen and oxygen atoms in total. The predicted octanol–water partition coefficient (Wildman–Crippen LogP) is 1.63. The Morgan fingerprint density at radius 1 is 1.13 bits per heavy atom. The minimum absolute atomic E-state index is 0.348. The van der Waals surface area contributed by atoms with Crippen LogP contribution in [0.25, 0.3) is 0 Å². The van der Waals surface area contributed by atoms with Crippen molar-refractivity contribution < 1.29 is 4.90 Å². The quantitative estimate of drug-likeness (QED) is 0.837. The molecule has 1 fully saturated rings. The maximum absolute atomic E-state index is 5.69. The molecular formula is C19H24N3S+. The summed E-state index contributed by atoms with van der Waals surface area (Å²) in [6, 6.07) is 21.5. The summed E-state index contributed by atoms with van der Waals surface area (Å²) in [4.78, 5) is 3.90. The highest BCUT2D eigenvalue weighted by atomic mass is 32.1. The van der Waals surface area contributed by atoms with Crippen LogP contribution < -0.4 is 10.2 Å². The lowest BCUT2D eigenvalue weighted by Crippen LogP contribution is -3.12. The maximum atomic E-state index is 5.69. The van der Waals surface area contributed by atoms with Crippen molar-refractivity contribution in [3.63, 3.8) is 0 Å². The van der Waals surface area contributed by atoms with Crippen LogP contribution in [-0.2, 0) is 6.54 Å². The SMILES string of the molecule is C[NH+]1CCN(C(=S)NCc2ccccc2)[C@@H](c2ccccc2)C1. The summed E-state index contributed by atoms with van der Waals surface area (Å²) in [5.41, 5.74) is 2.60. The van der Waals surface area contributed by atoms with Crippen LogP contribution in [0.15, 0.2) is 60.7 Å². The molecule has 0 aromatic heterocycles. The fourth-order valence-corrected chi connectivity index (χ4v) is 3.39. The largest absolute Gasteiger partial charge is 0.358 e. The van der Waals surface area contributed by atoms with Gasteiger partial charge in [-0.25, -0.2) is 0 Å². The Bertz CT molecular complexity index is 630. The van der Waals surface area contributed by atoms with Crippen molar-refractivity contribution in [2.75, 3.05) is 26.7 Å². The number of likely N-dealkylation sites (N-methyl/N-ethyl adjacent to an activating group) is 1. The number of nitrogens with zero attached hydrogens (tertiary/aromatic N) is 1. The van der Waals surface area contributed by atoms with Gasteiger partial charge in [0.05, 0.1) is 20.1 Å². The van der Waals surface area contributed by atoms with Crippen molar-refractivity contribution in [3.8, 4) is 0 Å². The van der Waals surface area contributed by atoms with E-state index in [1.807, 2.05) is 6.07 Å². The van der Waals surface area contributed by atoms with E-state index in [2.05, 4.69) is 71.9 Å². The number of hydrogen-bond acceptors (Lipinski definition) is 1. The van der Waals surface area contributed by atoms with Crippen LogP contribution in [-0.4, -0.2) is 36.7 Å². The molecule has 1 aliphatic heterocycles. The number of thiocarbonyl (C=S) groups is 1. The average Bonchev–Trinajstić information content (AvgIpc) is 2.61. The van der Waals surface area contributed by atoms with Crippen LogP contribution in [0.4, 0.5) is 0 Å². The van der Waals surface area contributed by atoms with Gasteiger partial charge < -0.3 is 15.1 Å². The van der Waals surface area contributed by atoms with E-state index >= 15 is 0 Å². The first-order valence-electron chi connectivity index (χ1n) is 8.18. The summed E-state index contributed by atoms with van der Waals surface area (Å²) < 4.78 is 0. The maximum Gasteiger partial charge on any atom is 0.170 e. The third-order valence-electron chi connectivity index (χ3n) is 4.43. The van der Waals surface area contributed by atoms with E-state index in [1.165, 1.54) is 11.1 Å². The van der Waals surface area contributed by atoms with Gasteiger partial charge in [-0.15, -0.1) is 0 Å². The van der Waals surface area contributed by atoms with Gasteiger partial charge in [0.2, 0.25) is 0 Å². The van der Waals surface area contributed by atoms with Crippen molar-refractivity contribution in [1.82, 2.24) is 10.2 Å². The Morgan fingerprint density at radius 2 is 1.78 bits per heavy atom. The summed E-state index contributed by atoms with van der Waals surface area (Å²) in [6.07, 6.45) is 0. The van der Waals surface area contributed by atoms with Gasteiger partial charge in [0.15, 0.2) is 5.11 Å². The molecule has 1 unspecified atom stereocenters. The van der Waals surface area contributed by atoms with E-state index in [-0.39, 0.29) is 0 Å². The van der Waals surface area contributed by atoms with E-state index in [1.54, 1.807) is 4.90 Å². The van der Waals surface area contributed by atoms with E-state index in [9.17, 15) is 0 Å². The van der Waals surface area contributed by atoms with Crippen LogP contribution in [0, 0.1) is 0 Å². The molecular weight excluding hydrogens is 302 g/mol. The van der Waals surface area contributed by atoms with Gasteiger partial charge in [0.25, 0.3) is 0 Å². The summed E-state index contributed by atoms with van der Waals surface area (Å²) >= 11 is 5.69. The molecule has 2 aromatic carbocycles. The molecule has 0 spiro atoms. The Kier molecular flexibility index (Phi) is 5.26. The highest BCUT2D eigenvalue weighted by Gasteiger charge is 2.30. The van der Waals surface area contributed by atoms with Crippen molar-refractivity contribution in [2.45, 2.75) is 12.6 Å². The van der Waals surface area contributed by atoms with Crippen LogP contribution in [0.3, 0.4) is 0 Å². The normalized spacial score (nSPS) is 21.0. The van der Waals surface area contributed by atoms with Gasteiger partial charge in [-0.2, -0.15) is 0 Å². The highest BCUT2D eigenvalue weighted by Crippen LogP contribution is 2.20. The molecule has 3 rings (SSSR count). The van der Waals surface area contributed by atoms with Gasteiger partial charge >= 0.3 is 0 Å². The molecule has 0 radical (unpaired) electrons. The first-order valence-corrected chi connectivity index (χ1v) is 8.59. The summed E-state index contributed by atoms with van der Waals surface area (Å²) in [7, 11) is 2.26. The predicted molar refractivity (Wildman–Crippen MR) is 98.4 cm³/mol. The fraction of sp³-hybridized carbons (Fsp3) is 0.316. The van der Waals surface area contributed by atoms with E-state index in [0.717, 1.165) is 31.3 Å². The van der Waals surface area contributed by atoms with Crippen molar-refractivity contribution in [2.24, 2.45) is 0 Å². The zero-order valence-electron chi connectivity index (χ0n) is 13.5. The first-order chi connectivity index (χ1) is 11.2. The van der Waals surface area contributed by atoms with Gasteiger partial charge in [-0.1, -0.05) is 60.7 Å². The Morgan fingerprint density at radius 3 is 2.48 bits per heavy atom. The summed E-state index contributed by atoms with van der Waals surface area (Å²) in [5.74, 6) is 0. The monoisotopic (exact) mass is 326 g/mol. The standard InChI is InChI=1S/C19H23N3S/c1-21-12-13-22(18(15-21)17-10-6-3-7-11-17)19(23)20-14-16-8-4-2-5-9-16/h2-11,18H,12-15H2,1H3,(H,20,23)/p+1/t18-/m1/s1. The van der Waals surface area contributed by atoms with Crippen molar-refractivity contribution in [3.05, 3.63) is 71.8 Å². The zero-order chi connectivity index (χ0) is 16.1. The molecule has 1 aliphatic rings. The molecule has 2 aromatic rings. The molecule has 0 saturated carbocycles. The van der Waals surface area contributed by atoms with E-state index in [4.69, 9.17) is 12.2 Å². The first kappa shape index (κ1) is 16.0. The minimum atomic E-state index is 0.348. The Labute approximate surface area is 143 Å². The third kappa shape index (κ3) is 4.09. The second kappa shape index (κ2) is 7.57. The lowest BCUT2D eigenvalue weighted by molar-refractivity contribution is -0.887. The summed E-state index contributed by atoms with van der Waals surface area (Å²) in [6.45, 7) is 3.97. The number of benzene rings is 2. The second-order valence-corrected chi connectivity index (χ2v) is 6.56. The number of nitrogens with one attached hydrogen (secondary N) is 2. The smallest absolute Gasteiger partial charge is 0.170 e. The van der Waals surface area contributed by atoms with Crippen LogP contribution in [0.1, 0.15) is 17.2 Å².